The predicted octanol–water partition coefficient (Wildman–Crippen LogP) is 3.06. The molecule has 0 aliphatic heterocycles. The maximum atomic E-state index is 8.86. The third kappa shape index (κ3) is 3.03. The Bertz CT molecular complexity index is 396. The molecule has 0 saturated heterocycles. The lowest BCUT2D eigenvalue weighted by atomic mass is 10.1. The third-order valence-electron chi connectivity index (χ3n) is 1.89. The third-order valence-corrected chi connectivity index (χ3v) is 2.18. The lowest BCUT2D eigenvalue weighted by molar-refractivity contribution is 0.415. The molecule has 1 aromatic carbocycles. The molecule has 0 atom stereocenters. The topological polar surface area (TPSA) is 45.0 Å². The van der Waals surface area contributed by atoms with Gasteiger partial charge in [-0.1, -0.05) is 11.6 Å². The van der Waals surface area contributed by atoms with Gasteiger partial charge in [0.05, 0.1) is 18.2 Å². The monoisotopic (exact) mass is 224 g/mol. The Morgan fingerprint density at radius 3 is 2.60 bits per heavy atom. The van der Waals surface area contributed by atoms with E-state index in [0.29, 0.717) is 10.8 Å². The van der Waals surface area contributed by atoms with Gasteiger partial charge in [0.1, 0.15) is 11.3 Å². The summed E-state index contributed by atoms with van der Waals surface area (Å²) < 4.78 is 5.03. The van der Waals surface area contributed by atoms with E-state index in [1.54, 1.807) is 33.1 Å². The first-order valence-corrected chi connectivity index (χ1v) is 4.89. The minimum Gasteiger partial charge on any atom is -0.495 e. The Morgan fingerprint density at radius 2 is 2.13 bits per heavy atom. The molecule has 1 rings (SSSR count). The molecule has 0 radical (unpaired) electrons. The zero-order chi connectivity index (χ0) is 11.5. The molecule has 0 aliphatic rings. The molecular formula is C11H13ClN2O. The summed E-state index contributed by atoms with van der Waals surface area (Å²) in [5.41, 5.74) is 0.185. The number of nitrogens with zero attached hydrogens (tertiary/aromatic N) is 1. The van der Waals surface area contributed by atoms with Crippen LogP contribution in [0.25, 0.3) is 0 Å². The zero-order valence-electron chi connectivity index (χ0n) is 8.97. The van der Waals surface area contributed by atoms with E-state index < -0.39 is 5.54 Å². The molecule has 0 spiro atoms. The standard InChI is InChI=1S/C11H13ClN2O/c1-11(2,7-13)14-8-4-5-10(15-3)9(12)6-8/h4-6,14H,1-3H3. The van der Waals surface area contributed by atoms with Crippen molar-refractivity contribution < 1.29 is 4.74 Å². The lowest BCUT2D eigenvalue weighted by Gasteiger charge is -2.19. The van der Waals surface area contributed by atoms with Crippen LogP contribution < -0.4 is 10.1 Å². The van der Waals surface area contributed by atoms with Crippen molar-refractivity contribution >= 4 is 17.3 Å². The van der Waals surface area contributed by atoms with Crippen molar-refractivity contribution in [2.45, 2.75) is 19.4 Å². The number of nitriles is 1. The molecule has 0 amide bonds. The number of benzene rings is 1. The molecule has 80 valence electrons. The summed E-state index contributed by atoms with van der Waals surface area (Å²) in [6.07, 6.45) is 0. The fourth-order valence-electron chi connectivity index (χ4n) is 1.13. The van der Waals surface area contributed by atoms with Crippen LogP contribution in [0.1, 0.15) is 13.8 Å². The van der Waals surface area contributed by atoms with Crippen LogP contribution in [0.15, 0.2) is 18.2 Å². The van der Waals surface area contributed by atoms with E-state index >= 15 is 0 Å². The minimum absolute atomic E-state index is 0.524. The van der Waals surface area contributed by atoms with Crippen LogP contribution in [-0.2, 0) is 0 Å². The molecule has 0 bridgehead atoms. The van der Waals surface area contributed by atoms with Gasteiger partial charge in [0.25, 0.3) is 0 Å². The predicted molar refractivity (Wildman–Crippen MR) is 61.3 cm³/mol. The van der Waals surface area contributed by atoms with E-state index in [1.807, 2.05) is 6.07 Å². The Balaban J connectivity index is 2.90. The van der Waals surface area contributed by atoms with Crippen molar-refractivity contribution in [2.24, 2.45) is 0 Å². The summed E-state index contributed by atoms with van der Waals surface area (Å²) in [5.74, 6) is 0.622. The van der Waals surface area contributed by atoms with Crippen molar-refractivity contribution in [1.82, 2.24) is 0 Å². The van der Waals surface area contributed by atoms with Crippen molar-refractivity contribution in [3.8, 4) is 11.8 Å². The first-order chi connectivity index (χ1) is 6.98. The van der Waals surface area contributed by atoms with Crippen LogP contribution in [0.5, 0.6) is 5.75 Å². The highest BCUT2D eigenvalue weighted by Gasteiger charge is 2.16. The molecule has 0 saturated carbocycles. The number of methoxy groups -OCH3 is 1. The average molecular weight is 225 g/mol. The lowest BCUT2D eigenvalue weighted by Crippen LogP contribution is -2.28. The van der Waals surface area contributed by atoms with Crippen LogP contribution in [0.4, 0.5) is 5.69 Å². The minimum atomic E-state index is -0.613. The number of nitrogens with one attached hydrogen (secondary N) is 1. The van der Waals surface area contributed by atoms with E-state index in [9.17, 15) is 0 Å². The zero-order valence-corrected chi connectivity index (χ0v) is 9.72. The fraction of sp³-hybridized carbons (Fsp3) is 0.364. The Kier molecular flexibility index (Phi) is 3.43. The molecule has 0 aromatic heterocycles. The highest BCUT2D eigenvalue weighted by atomic mass is 35.5. The summed E-state index contributed by atoms with van der Waals surface area (Å²) in [5, 5.41) is 12.4. The van der Waals surface area contributed by atoms with Gasteiger partial charge < -0.3 is 10.1 Å². The smallest absolute Gasteiger partial charge is 0.137 e. The number of anilines is 1. The summed E-state index contributed by atoms with van der Waals surface area (Å²) in [6.45, 7) is 3.59. The highest BCUT2D eigenvalue weighted by Crippen LogP contribution is 2.28. The Hall–Kier alpha value is -1.40. The van der Waals surface area contributed by atoms with E-state index in [-0.39, 0.29) is 0 Å². The second kappa shape index (κ2) is 4.41. The summed E-state index contributed by atoms with van der Waals surface area (Å²) >= 11 is 5.95. The normalized spacial score (nSPS) is 10.6. The molecule has 1 aromatic rings. The van der Waals surface area contributed by atoms with Gasteiger partial charge in [-0.05, 0) is 32.0 Å². The van der Waals surface area contributed by atoms with Gasteiger partial charge in [-0.15, -0.1) is 0 Å². The van der Waals surface area contributed by atoms with Crippen molar-refractivity contribution in [2.75, 3.05) is 12.4 Å². The average Bonchev–Trinajstić information content (AvgIpc) is 2.17. The number of rotatable bonds is 3. The molecule has 4 heteroatoms. The largest absolute Gasteiger partial charge is 0.495 e. The molecule has 1 N–H and O–H groups in total. The molecule has 15 heavy (non-hydrogen) atoms. The van der Waals surface area contributed by atoms with E-state index in [1.165, 1.54) is 0 Å². The quantitative estimate of drug-likeness (QED) is 0.858. The fourth-order valence-corrected chi connectivity index (χ4v) is 1.39. The summed E-state index contributed by atoms with van der Waals surface area (Å²) in [7, 11) is 1.56. The van der Waals surface area contributed by atoms with Crippen LogP contribution >= 0.6 is 11.6 Å². The molecule has 0 fully saturated rings. The van der Waals surface area contributed by atoms with Crippen molar-refractivity contribution in [1.29, 1.82) is 5.26 Å². The van der Waals surface area contributed by atoms with Crippen LogP contribution in [-0.4, -0.2) is 12.6 Å². The van der Waals surface area contributed by atoms with E-state index in [2.05, 4.69) is 11.4 Å². The molecular weight excluding hydrogens is 212 g/mol. The van der Waals surface area contributed by atoms with Gasteiger partial charge in [-0.2, -0.15) is 5.26 Å². The number of hydrogen-bond donors (Lipinski definition) is 1. The number of halogens is 1. The Morgan fingerprint density at radius 1 is 1.47 bits per heavy atom. The SMILES string of the molecule is COc1ccc(NC(C)(C)C#N)cc1Cl. The maximum Gasteiger partial charge on any atom is 0.137 e. The first-order valence-electron chi connectivity index (χ1n) is 4.51. The van der Waals surface area contributed by atoms with Crippen molar-refractivity contribution in [3.05, 3.63) is 23.2 Å². The Labute approximate surface area is 94.6 Å². The van der Waals surface area contributed by atoms with Gasteiger partial charge in [0, 0.05) is 5.69 Å². The molecule has 3 nitrogen and oxygen atoms in total. The summed E-state index contributed by atoms with van der Waals surface area (Å²) in [4.78, 5) is 0. The second-order valence-corrected chi connectivity index (χ2v) is 4.12. The van der Waals surface area contributed by atoms with Gasteiger partial charge in [0.2, 0.25) is 0 Å². The first kappa shape index (κ1) is 11.7. The summed E-state index contributed by atoms with van der Waals surface area (Å²) in [6, 6.07) is 7.47. The number of ether oxygens (including phenoxy) is 1. The number of hydrogen-bond acceptors (Lipinski definition) is 3. The van der Waals surface area contributed by atoms with Gasteiger partial charge in [-0.3, -0.25) is 0 Å². The highest BCUT2D eigenvalue weighted by molar-refractivity contribution is 6.32. The molecule has 0 aliphatic carbocycles. The van der Waals surface area contributed by atoms with Crippen LogP contribution in [0, 0.1) is 11.3 Å². The van der Waals surface area contributed by atoms with E-state index in [0.717, 1.165) is 5.69 Å². The molecule has 0 unspecified atom stereocenters. The van der Waals surface area contributed by atoms with Crippen molar-refractivity contribution in [3.63, 3.8) is 0 Å². The van der Waals surface area contributed by atoms with Crippen LogP contribution in [0.2, 0.25) is 5.02 Å². The maximum absolute atomic E-state index is 8.86. The van der Waals surface area contributed by atoms with Crippen LogP contribution in [0.3, 0.4) is 0 Å². The second-order valence-electron chi connectivity index (χ2n) is 3.71. The molecule has 0 heterocycles. The van der Waals surface area contributed by atoms with Gasteiger partial charge in [0.15, 0.2) is 0 Å². The van der Waals surface area contributed by atoms with Gasteiger partial charge >= 0.3 is 0 Å². The van der Waals surface area contributed by atoms with E-state index in [4.69, 9.17) is 21.6 Å². The van der Waals surface area contributed by atoms with Gasteiger partial charge in [-0.25, -0.2) is 0 Å².